The van der Waals surface area contributed by atoms with Crippen LogP contribution in [0.3, 0.4) is 0 Å². The minimum absolute atomic E-state index is 0.265. The standard InChI is InChI=1S/C12H11FOS2/c1-3-16-12(15)11-7(2)14-10-5-4-8(13)6-9(10)11/h4-6H,3H2,1-2H3. The summed E-state index contributed by atoms with van der Waals surface area (Å²) < 4.78 is 19.5. The maximum Gasteiger partial charge on any atom is 0.135 e. The number of aryl methyl sites for hydroxylation is 1. The minimum atomic E-state index is -0.265. The maximum atomic E-state index is 13.2. The lowest BCUT2D eigenvalue weighted by Gasteiger charge is -2.00. The third-order valence-electron chi connectivity index (χ3n) is 2.31. The molecule has 2 rings (SSSR count). The topological polar surface area (TPSA) is 13.1 Å². The average molecular weight is 254 g/mol. The third-order valence-corrected chi connectivity index (χ3v) is 3.62. The Hall–Kier alpha value is -0.870. The normalized spacial score (nSPS) is 10.9. The van der Waals surface area contributed by atoms with Gasteiger partial charge in [0, 0.05) is 10.9 Å². The van der Waals surface area contributed by atoms with Crippen LogP contribution in [0.15, 0.2) is 22.6 Å². The summed E-state index contributed by atoms with van der Waals surface area (Å²) in [4.78, 5) is 0. The van der Waals surface area contributed by atoms with E-state index in [1.807, 2.05) is 13.8 Å². The van der Waals surface area contributed by atoms with Gasteiger partial charge in [-0.1, -0.05) is 19.1 Å². The van der Waals surface area contributed by atoms with E-state index >= 15 is 0 Å². The second kappa shape index (κ2) is 4.55. The van der Waals surface area contributed by atoms with Crippen LogP contribution >= 0.6 is 24.0 Å². The van der Waals surface area contributed by atoms with Crippen molar-refractivity contribution in [2.45, 2.75) is 13.8 Å². The van der Waals surface area contributed by atoms with Gasteiger partial charge in [0.1, 0.15) is 17.2 Å². The van der Waals surface area contributed by atoms with Crippen LogP contribution < -0.4 is 0 Å². The lowest BCUT2D eigenvalue weighted by atomic mass is 10.1. The van der Waals surface area contributed by atoms with E-state index in [-0.39, 0.29) is 5.82 Å². The van der Waals surface area contributed by atoms with Crippen molar-refractivity contribution in [3.05, 3.63) is 35.3 Å². The molecule has 1 nitrogen and oxygen atoms in total. The van der Waals surface area contributed by atoms with E-state index in [2.05, 4.69) is 0 Å². The average Bonchev–Trinajstić information content (AvgIpc) is 2.53. The van der Waals surface area contributed by atoms with Gasteiger partial charge >= 0.3 is 0 Å². The van der Waals surface area contributed by atoms with E-state index in [9.17, 15) is 4.39 Å². The summed E-state index contributed by atoms with van der Waals surface area (Å²) in [6.07, 6.45) is 0. The lowest BCUT2D eigenvalue weighted by Crippen LogP contribution is -1.93. The molecule has 0 spiro atoms. The number of thiocarbonyl (C=S) groups is 1. The van der Waals surface area contributed by atoms with Gasteiger partial charge in [-0.25, -0.2) is 4.39 Å². The van der Waals surface area contributed by atoms with Crippen LogP contribution in [-0.2, 0) is 0 Å². The number of hydrogen-bond acceptors (Lipinski definition) is 3. The van der Waals surface area contributed by atoms with Gasteiger partial charge in [-0.2, -0.15) is 0 Å². The van der Waals surface area contributed by atoms with E-state index < -0.39 is 0 Å². The fourth-order valence-electron chi connectivity index (χ4n) is 1.65. The van der Waals surface area contributed by atoms with Gasteiger partial charge in [-0.05, 0) is 30.9 Å². The fraction of sp³-hybridized carbons (Fsp3) is 0.250. The molecule has 0 unspecified atom stereocenters. The van der Waals surface area contributed by atoms with Gasteiger partial charge in [0.2, 0.25) is 0 Å². The fourth-order valence-corrected chi connectivity index (χ4v) is 2.92. The first-order valence-electron chi connectivity index (χ1n) is 4.99. The molecule has 0 saturated heterocycles. The molecule has 2 aromatic rings. The van der Waals surface area contributed by atoms with Crippen molar-refractivity contribution >= 4 is 39.1 Å². The number of fused-ring (bicyclic) bond motifs is 1. The molecule has 1 aromatic heterocycles. The molecule has 84 valence electrons. The largest absolute Gasteiger partial charge is 0.461 e. The lowest BCUT2D eigenvalue weighted by molar-refractivity contribution is 0.576. The maximum absolute atomic E-state index is 13.2. The molecular weight excluding hydrogens is 243 g/mol. The van der Waals surface area contributed by atoms with Crippen LogP contribution in [0.4, 0.5) is 4.39 Å². The Morgan fingerprint density at radius 3 is 2.94 bits per heavy atom. The van der Waals surface area contributed by atoms with Crippen LogP contribution in [-0.4, -0.2) is 9.95 Å². The SMILES string of the molecule is CCSC(=S)c1c(C)oc2ccc(F)cc12. The highest BCUT2D eigenvalue weighted by atomic mass is 32.2. The number of thioether (sulfide) groups is 1. The van der Waals surface area contributed by atoms with Crippen LogP contribution in [0.1, 0.15) is 18.2 Å². The molecule has 1 heterocycles. The molecule has 0 N–H and O–H groups in total. The molecule has 0 aliphatic carbocycles. The van der Waals surface area contributed by atoms with Gasteiger partial charge in [-0.15, -0.1) is 11.8 Å². The van der Waals surface area contributed by atoms with Gasteiger partial charge in [0.25, 0.3) is 0 Å². The molecule has 0 atom stereocenters. The first-order chi connectivity index (χ1) is 7.63. The summed E-state index contributed by atoms with van der Waals surface area (Å²) in [7, 11) is 0. The molecule has 0 saturated carbocycles. The highest BCUT2D eigenvalue weighted by molar-refractivity contribution is 8.23. The first kappa shape index (κ1) is 11.6. The zero-order valence-corrected chi connectivity index (χ0v) is 10.7. The van der Waals surface area contributed by atoms with Gasteiger partial charge < -0.3 is 4.42 Å². The quantitative estimate of drug-likeness (QED) is 0.741. The smallest absolute Gasteiger partial charge is 0.135 e. The van der Waals surface area contributed by atoms with Gasteiger partial charge in [-0.3, -0.25) is 0 Å². The second-order valence-corrected chi connectivity index (χ2v) is 5.34. The van der Waals surface area contributed by atoms with Crippen molar-refractivity contribution in [1.82, 2.24) is 0 Å². The predicted octanol–water partition coefficient (Wildman–Crippen LogP) is 4.31. The highest BCUT2D eigenvalue weighted by Crippen LogP contribution is 2.29. The zero-order valence-electron chi connectivity index (χ0n) is 9.04. The number of furan rings is 1. The van der Waals surface area contributed by atoms with E-state index in [1.54, 1.807) is 17.8 Å². The number of rotatable bonds is 2. The summed E-state index contributed by atoms with van der Waals surface area (Å²) in [6, 6.07) is 4.51. The van der Waals surface area contributed by atoms with E-state index in [4.69, 9.17) is 16.6 Å². The Morgan fingerprint density at radius 1 is 1.50 bits per heavy atom. The zero-order chi connectivity index (χ0) is 11.7. The molecule has 0 fully saturated rings. The summed E-state index contributed by atoms with van der Waals surface area (Å²) in [5, 5.41) is 0.767. The van der Waals surface area contributed by atoms with Crippen LogP contribution in [0.2, 0.25) is 0 Å². The van der Waals surface area contributed by atoms with Crippen molar-refractivity contribution in [3.63, 3.8) is 0 Å². The van der Waals surface area contributed by atoms with Crippen molar-refractivity contribution in [1.29, 1.82) is 0 Å². The Kier molecular flexibility index (Phi) is 3.30. The Morgan fingerprint density at radius 2 is 2.25 bits per heavy atom. The monoisotopic (exact) mass is 254 g/mol. The number of benzene rings is 1. The minimum Gasteiger partial charge on any atom is -0.461 e. The molecule has 0 radical (unpaired) electrons. The Bertz CT molecular complexity index is 545. The molecule has 0 aliphatic rings. The van der Waals surface area contributed by atoms with Crippen LogP contribution in [0.25, 0.3) is 11.0 Å². The first-order valence-corrected chi connectivity index (χ1v) is 6.38. The van der Waals surface area contributed by atoms with Crippen LogP contribution in [0.5, 0.6) is 0 Å². The molecule has 0 bridgehead atoms. The Labute approximate surface area is 103 Å². The molecule has 1 aromatic carbocycles. The van der Waals surface area contributed by atoms with E-state index in [1.165, 1.54) is 12.1 Å². The molecule has 0 aliphatic heterocycles. The molecular formula is C12H11FOS2. The highest BCUT2D eigenvalue weighted by Gasteiger charge is 2.15. The van der Waals surface area contributed by atoms with Gasteiger partial charge in [0.05, 0.1) is 4.20 Å². The molecule has 4 heteroatoms. The molecule has 0 amide bonds. The van der Waals surface area contributed by atoms with Crippen molar-refractivity contribution in [2.24, 2.45) is 0 Å². The summed E-state index contributed by atoms with van der Waals surface area (Å²) in [5.74, 6) is 1.39. The Balaban J connectivity index is 2.62. The van der Waals surface area contributed by atoms with Crippen molar-refractivity contribution in [3.8, 4) is 0 Å². The predicted molar refractivity (Wildman–Crippen MR) is 70.7 cm³/mol. The summed E-state index contributed by atoms with van der Waals surface area (Å²) in [5.41, 5.74) is 1.55. The summed E-state index contributed by atoms with van der Waals surface area (Å²) in [6.45, 7) is 3.89. The number of hydrogen-bond donors (Lipinski definition) is 0. The molecule has 16 heavy (non-hydrogen) atoms. The summed E-state index contributed by atoms with van der Waals surface area (Å²) >= 11 is 6.88. The van der Waals surface area contributed by atoms with Crippen LogP contribution in [0, 0.1) is 12.7 Å². The van der Waals surface area contributed by atoms with E-state index in [0.29, 0.717) is 5.58 Å². The number of halogens is 1. The third kappa shape index (κ3) is 1.99. The van der Waals surface area contributed by atoms with Crippen molar-refractivity contribution in [2.75, 3.05) is 5.75 Å². The van der Waals surface area contributed by atoms with Gasteiger partial charge in [0.15, 0.2) is 0 Å². The van der Waals surface area contributed by atoms with E-state index in [0.717, 1.165) is 26.7 Å². The second-order valence-electron chi connectivity index (χ2n) is 3.39. The van der Waals surface area contributed by atoms with Crippen molar-refractivity contribution < 1.29 is 8.81 Å².